The molecule has 4 N–H and O–H groups in total. The Labute approximate surface area is 54.3 Å². The SMILES string of the molecule is C.C[C@@H](O)[C@H](N)C(=O)O. The lowest BCUT2D eigenvalue weighted by molar-refractivity contribution is -0.140. The van der Waals surface area contributed by atoms with Crippen LogP contribution in [0.5, 0.6) is 0 Å². The van der Waals surface area contributed by atoms with Gasteiger partial charge in [0.25, 0.3) is 0 Å². The molecular weight excluding hydrogens is 122 g/mol. The zero-order valence-electron chi connectivity index (χ0n) is 4.53. The third-order valence-electron chi connectivity index (χ3n) is 0.805. The number of carboxylic acid groups (broad SMARTS) is 1. The molecule has 0 amide bonds. The number of rotatable bonds is 2. The van der Waals surface area contributed by atoms with Gasteiger partial charge >= 0.3 is 5.97 Å². The highest BCUT2D eigenvalue weighted by Gasteiger charge is 2.16. The van der Waals surface area contributed by atoms with E-state index in [1.165, 1.54) is 6.92 Å². The van der Waals surface area contributed by atoms with Crippen LogP contribution in [0.25, 0.3) is 0 Å². The van der Waals surface area contributed by atoms with Gasteiger partial charge in [0, 0.05) is 0 Å². The summed E-state index contributed by atoms with van der Waals surface area (Å²) < 4.78 is 0. The molecule has 4 heteroatoms. The molecule has 0 aliphatic carbocycles. The van der Waals surface area contributed by atoms with E-state index in [2.05, 4.69) is 0 Å². The lowest BCUT2D eigenvalue weighted by atomic mass is 10.2. The molecule has 0 aliphatic rings. The fraction of sp³-hybridized carbons (Fsp3) is 0.800. The first-order valence-corrected chi connectivity index (χ1v) is 2.22. The minimum absolute atomic E-state index is 0. The van der Waals surface area contributed by atoms with Crippen molar-refractivity contribution < 1.29 is 15.0 Å². The second-order valence-electron chi connectivity index (χ2n) is 1.60. The molecule has 0 unspecified atom stereocenters. The molecule has 2 atom stereocenters. The first kappa shape index (κ1) is 11.2. The first-order chi connectivity index (χ1) is 3.55. The van der Waals surface area contributed by atoms with Gasteiger partial charge in [-0.25, -0.2) is 0 Å². The normalized spacial score (nSPS) is 15.4. The molecule has 0 aromatic rings. The summed E-state index contributed by atoms with van der Waals surface area (Å²) in [6.07, 6.45) is -0.979. The zero-order chi connectivity index (χ0) is 6.73. The fourth-order valence-electron chi connectivity index (χ4n) is 0.206. The number of hydrogen-bond acceptors (Lipinski definition) is 3. The average Bonchev–Trinajstić information content (AvgIpc) is 1.64. The number of carboxylic acids is 1. The van der Waals surface area contributed by atoms with Crippen LogP contribution >= 0.6 is 0 Å². The van der Waals surface area contributed by atoms with Crippen LogP contribution in [-0.2, 0) is 4.79 Å². The van der Waals surface area contributed by atoms with Gasteiger partial charge in [-0.15, -0.1) is 0 Å². The summed E-state index contributed by atoms with van der Waals surface area (Å²) in [4.78, 5) is 9.86. The summed E-state index contributed by atoms with van der Waals surface area (Å²) in [6, 6.07) is -1.16. The van der Waals surface area contributed by atoms with Crippen LogP contribution in [0.2, 0.25) is 0 Å². The maximum Gasteiger partial charge on any atom is 0.323 e. The molecule has 0 aliphatic heterocycles. The number of nitrogens with two attached hydrogens (primary N) is 1. The van der Waals surface area contributed by atoms with Crippen LogP contribution < -0.4 is 5.73 Å². The maximum absolute atomic E-state index is 9.86. The minimum Gasteiger partial charge on any atom is -0.480 e. The van der Waals surface area contributed by atoms with E-state index >= 15 is 0 Å². The average molecular weight is 135 g/mol. The summed E-state index contributed by atoms with van der Waals surface area (Å²) in [6.45, 7) is 1.33. The molecule has 0 saturated carbocycles. The Morgan fingerprint density at radius 3 is 2.00 bits per heavy atom. The van der Waals surface area contributed by atoms with Gasteiger partial charge in [-0.1, -0.05) is 7.43 Å². The molecule has 0 bridgehead atoms. The lowest BCUT2D eigenvalue weighted by Gasteiger charge is -2.06. The molecular formula is C5H13NO3. The smallest absolute Gasteiger partial charge is 0.323 e. The van der Waals surface area contributed by atoms with Crippen molar-refractivity contribution in [3.63, 3.8) is 0 Å². The van der Waals surface area contributed by atoms with Crippen LogP contribution in [-0.4, -0.2) is 28.3 Å². The van der Waals surface area contributed by atoms with Crippen LogP contribution in [0.15, 0.2) is 0 Å². The molecule has 4 nitrogen and oxygen atoms in total. The van der Waals surface area contributed by atoms with E-state index in [9.17, 15) is 4.79 Å². The first-order valence-electron chi connectivity index (χ1n) is 2.22. The van der Waals surface area contributed by atoms with Crippen molar-refractivity contribution >= 4 is 5.97 Å². The molecule has 9 heavy (non-hydrogen) atoms. The fourth-order valence-corrected chi connectivity index (χ4v) is 0.206. The molecule has 0 spiro atoms. The topological polar surface area (TPSA) is 83.5 Å². The standard InChI is InChI=1S/C4H9NO3.CH4/c1-2(6)3(5)4(7)8;/h2-3,6H,5H2,1H3,(H,7,8);1H4/t2-,3+;/m1./s1. The summed E-state index contributed by atoms with van der Waals surface area (Å²) in [7, 11) is 0. The van der Waals surface area contributed by atoms with Crippen molar-refractivity contribution in [3.8, 4) is 0 Å². The maximum atomic E-state index is 9.86. The quantitative estimate of drug-likeness (QED) is 0.472. The zero-order valence-corrected chi connectivity index (χ0v) is 4.53. The van der Waals surface area contributed by atoms with Crippen LogP contribution in [0.1, 0.15) is 14.4 Å². The van der Waals surface area contributed by atoms with Gasteiger partial charge in [0.1, 0.15) is 6.04 Å². The third-order valence-corrected chi connectivity index (χ3v) is 0.805. The van der Waals surface area contributed by atoms with Gasteiger partial charge in [0.15, 0.2) is 0 Å². The predicted molar refractivity (Wildman–Crippen MR) is 34.0 cm³/mol. The van der Waals surface area contributed by atoms with Gasteiger partial charge in [-0.3, -0.25) is 4.79 Å². The highest BCUT2D eigenvalue weighted by molar-refractivity contribution is 5.73. The van der Waals surface area contributed by atoms with Gasteiger partial charge in [0.05, 0.1) is 6.10 Å². The van der Waals surface area contributed by atoms with Crippen molar-refractivity contribution in [1.82, 2.24) is 0 Å². The molecule has 0 aromatic heterocycles. The van der Waals surface area contributed by atoms with E-state index < -0.39 is 18.1 Å². The molecule has 0 heterocycles. The Hall–Kier alpha value is -0.610. The Morgan fingerprint density at radius 1 is 1.67 bits per heavy atom. The van der Waals surface area contributed by atoms with Crippen molar-refractivity contribution in [2.24, 2.45) is 5.73 Å². The Kier molecular flexibility index (Phi) is 5.34. The van der Waals surface area contributed by atoms with E-state index in [0.717, 1.165) is 0 Å². The number of carbonyl (C=O) groups is 1. The highest BCUT2D eigenvalue weighted by atomic mass is 16.4. The van der Waals surface area contributed by atoms with Gasteiger partial charge < -0.3 is 15.9 Å². The summed E-state index contributed by atoms with van der Waals surface area (Å²) >= 11 is 0. The monoisotopic (exact) mass is 135 g/mol. The van der Waals surface area contributed by atoms with Gasteiger partial charge in [-0.05, 0) is 6.92 Å². The predicted octanol–water partition coefficient (Wildman–Crippen LogP) is -0.585. The molecule has 0 fully saturated rings. The molecule has 0 radical (unpaired) electrons. The number of aliphatic hydroxyl groups is 1. The Balaban J connectivity index is 0. The molecule has 0 aromatic carbocycles. The molecule has 56 valence electrons. The van der Waals surface area contributed by atoms with Crippen molar-refractivity contribution in [3.05, 3.63) is 0 Å². The van der Waals surface area contributed by atoms with E-state index in [-0.39, 0.29) is 7.43 Å². The van der Waals surface area contributed by atoms with Crippen LogP contribution in [0.3, 0.4) is 0 Å². The Bertz CT molecular complexity index is 92.2. The minimum atomic E-state index is -1.18. The second-order valence-corrected chi connectivity index (χ2v) is 1.60. The van der Waals surface area contributed by atoms with E-state index in [4.69, 9.17) is 15.9 Å². The van der Waals surface area contributed by atoms with Crippen molar-refractivity contribution in [2.45, 2.75) is 26.5 Å². The van der Waals surface area contributed by atoms with E-state index in [0.29, 0.717) is 0 Å². The highest BCUT2D eigenvalue weighted by Crippen LogP contribution is 1.85. The number of aliphatic carboxylic acids is 1. The summed E-state index contributed by atoms with van der Waals surface area (Å²) in [5.41, 5.74) is 4.91. The number of aliphatic hydroxyl groups excluding tert-OH is 1. The second kappa shape index (κ2) is 4.29. The number of hydrogen-bond donors (Lipinski definition) is 3. The summed E-state index contributed by atoms with van der Waals surface area (Å²) in [5, 5.41) is 16.6. The van der Waals surface area contributed by atoms with Crippen LogP contribution in [0.4, 0.5) is 0 Å². The molecule has 0 rings (SSSR count). The van der Waals surface area contributed by atoms with Crippen LogP contribution in [0, 0.1) is 0 Å². The van der Waals surface area contributed by atoms with Gasteiger partial charge in [0.2, 0.25) is 0 Å². The van der Waals surface area contributed by atoms with Crippen molar-refractivity contribution in [2.75, 3.05) is 0 Å². The van der Waals surface area contributed by atoms with E-state index in [1.54, 1.807) is 0 Å². The Morgan fingerprint density at radius 2 is 2.00 bits per heavy atom. The molecule has 0 saturated heterocycles. The van der Waals surface area contributed by atoms with E-state index in [1.807, 2.05) is 0 Å². The van der Waals surface area contributed by atoms with Crippen molar-refractivity contribution in [1.29, 1.82) is 0 Å². The summed E-state index contributed by atoms with van der Waals surface area (Å²) in [5.74, 6) is -1.18. The largest absolute Gasteiger partial charge is 0.480 e. The third kappa shape index (κ3) is 3.93. The van der Waals surface area contributed by atoms with Gasteiger partial charge in [-0.2, -0.15) is 0 Å². The lowest BCUT2D eigenvalue weighted by Crippen LogP contribution is -2.39.